The molecule has 0 saturated carbocycles. The van der Waals surface area contributed by atoms with Crippen molar-refractivity contribution in [3.05, 3.63) is 0 Å². The summed E-state index contributed by atoms with van der Waals surface area (Å²) in [5, 5.41) is 18.8. The number of rotatable bonds is 4. The number of likely N-dealkylation sites (tertiary alicyclic amines) is 1. The molecule has 2 N–H and O–H groups in total. The molecule has 1 aliphatic heterocycles. The quantitative estimate of drug-likeness (QED) is 0.732. The molecule has 4 nitrogen and oxygen atoms in total. The largest absolute Gasteiger partial charge is 0.480 e. The van der Waals surface area contributed by atoms with Gasteiger partial charge in [-0.2, -0.15) is 0 Å². The van der Waals surface area contributed by atoms with Crippen LogP contribution in [0.5, 0.6) is 0 Å². The highest BCUT2D eigenvalue weighted by atomic mass is 16.4. The minimum atomic E-state index is -0.747. The van der Waals surface area contributed by atoms with E-state index in [1.165, 1.54) is 0 Å². The fraction of sp³-hybridized carbons (Fsp3) is 0.909. The molecule has 0 aromatic carbocycles. The second-order valence-electron chi connectivity index (χ2n) is 4.28. The van der Waals surface area contributed by atoms with Crippen LogP contribution in [-0.4, -0.2) is 46.3 Å². The van der Waals surface area contributed by atoms with Gasteiger partial charge in [0.25, 0.3) is 0 Å². The Hall–Kier alpha value is -0.610. The van der Waals surface area contributed by atoms with Gasteiger partial charge in [-0.3, -0.25) is 9.69 Å². The van der Waals surface area contributed by atoms with Gasteiger partial charge in [-0.25, -0.2) is 0 Å². The number of carboxylic acids is 1. The van der Waals surface area contributed by atoms with Crippen molar-refractivity contribution in [2.24, 2.45) is 5.92 Å². The fourth-order valence-corrected chi connectivity index (χ4v) is 2.32. The van der Waals surface area contributed by atoms with Crippen LogP contribution in [0.1, 0.15) is 33.1 Å². The Morgan fingerprint density at radius 2 is 2.20 bits per heavy atom. The molecule has 15 heavy (non-hydrogen) atoms. The van der Waals surface area contributed by atoms with Gasteiger partial charge in [-0.05, 0) is 25.2 Å². The molecule has 0 radical (unpaired) electrons. The first-order chi connectivity index (χ1) is 7.10. The Morgan fingerprint density at radius 3 is 2.67 bits per heavy atom. The molecule has 0 unspecified atom stereocenters. The zero-order valence-corrected chi connectivity index (χ0v) is 9.52. The average Bonchev–Trinajstić information content (AvgIpc) is 2.21. The number of hydrogen-bond donors (Lipinski definition) is 2. The van der Waals surface area contributed by atoms with Crippen LogP contribution in [0, 0.1) is 5.92 Å². The summed E-state index contributed by atoms with van der Waals surface area (Å²) >= 11 is 0. The minimum Gasteiger partial charge on any atom is -0.480 e. The second-order valence-corrected chi connectivity index (χ2v) is 4.28. The Kier molecular flexibility index (Phi) is 4.54. The van der Waals surface area contributed by atoms with Gasteiger partial charge < -0.3 is 10.2 Å². The van der Waals surface area contributed by atoms with Crippen LogP contribution < -0.4 is 0 Å². The average molecular weight is 215 g/mol. The van der Waals surface area contributed by atoms with Crippen molar-refractivity contribution >= 4 is 5.97 Å². The van der Waals surface area contributed by atoms with E-state index in [1.807, 2.05) is 18.7 Å². The lowest BCUT2D eigenvalue weighted by Crippen LogP contribution is -2.50. The van der Waals surface area contributed by atoms with Gasteiger partial charge in [-0.15, -0.1) is 0 Å². The van der Waals surface area contributed by atoms with E-state index in [4.69, 9.17) is 5.11 Å². The van der Waals surface area contributed by atoms with Crippen LogP contribution >= 0.6 is 0 Å². The van der Waals surface area contributed by atoms with Crippen LogP contribution in [0.4, 0.5) is 0 Å². The Morgan fingerprint density at radius 1 is 1.53 bits per heavy atom. The second kappa shape index (κ2) is 5.47. The van der Waals surface area contributed by atoms with Gasteiger partial charge in [0, 0.05) is 13.1 Å². The molecule has 1 fully saturated rings. The molecular formula is C11H21NO3. The minimum absolute atomic E-state index is 0.229. The number of piperidine rings is 1. The smallest absolute Gasteiger partial charge is 0.320 e. The first kappa shape index (κ1) is 12.5. The molecule has 0 spiro atoms. The summed E-state index contributed by atoms with van der Waals surface area (Å²) in [5.74, 6) is -0.518. The first-order valence-corrected chi connectivity index (χ1v) is 5.75. The van der Waals surface area contributed by atoms with Crippen molar-refractivity contribution in [2.75, 3.05) is 13.1 Å². The third-order valence-corrected chi connectivity index (χ3v) is 3.36. The summed E-state index contributed by atoms with van der Waals surface area (Å²) < 4.78 is 0. The molecule has 0 aromatic heterocycles. The van der Waals surface area contributed by atoms with E-state index >= 15 is 0 Å². The van der Waals surface area contributed by atoms with E-state index in [1.54, 1.807) is 0 Å². The maximum atomic E-state index is 11.0. The van der Waals surface area contributed by atoms with Crippen molar-refractivity contribution in [1.29, 1.82) is 0 Å². The van der Waals surface area contributed by atoms with Gasteiger partial charge in [0.2, 0.25) is 0 Å². The van der Waals surface area contributed by atoms with Crippen LogP contribution in [-0.2, 0) is 4.79 Å². The maximum absolute atomic E-state index is 11.0. The molecule has 0 aromatic rings. The Balaban J connectivity index is 2.60. The normalized spacial score (nSPS) is 30.1. The monoisotopic (exact) mass is 215 g/mol. The summed E-state index contributed by atoms with van der Waals surface area (Å²) in [4.78, 5) is 13.0. The number of aliphatic hydroxyl groups is 1. The Bertz CT molecular complexity index is 220. The van der Waals surface area contributed by atoms with E-state index in [0.717, 1.165) is 6.42 Å². The van der Waals surface area contributed by atoms with E-state index in [9.17, 15) is 9.90 Å². The molecule has 3 atom stereocenters. The van der Waals surface area contributed by atoms with E-state index in [2.05, 4.69) is 0 Å². The van der Waals surface area contributed by atoms with Crippen LogP contribution in [0.3, 0.4) is 0 Å². The van der Waals surface area contributed by atoms with Crippen molar-refractivity contribution in [3.63, 3.8) is 0 Å². The summed E-state index contributed by atoms with van der Waals surface area (Å²) in [6.07, 6.45) is 1.98. The fourth-order valence-electron chi connectivity index (χ4n) is 2.32. The predicted octanol–water partition coefficient (Wildman–Crippen LogP) is 0.942. The first-order valence-electron chi connectivity index (χ1n) is 5.75. The van der Waals surface area contributed by atoms with Crippen molar-refractivity contribution in [1.82, 2.24) is 4.90 Å². The third kappa shape index (κ3) is 2.92. The highest BCUT2D eigenvalue weighted by molar-refractivity contribution is 5.73. The highest BCUT2D eigenvalue weighted by Crippen LogP contribution is 2.22. The number of hydrogen-bond acceptors (Lipinski definition) is 3. The lowest BCUT2D eigenvalue weighted by Gasteiger charge is -2.38. The number of carbonyl (C=O) groups is 1. The third-order valence-electron chi connectivity index (χ3n) is 3.36. The standard InChI is InChI=1S/C11H21NO3/c1-3-8-7-12(6-5-10(8)13)9(4-2)11(14)15/h8-10,13H,3-7H2,1-2H3,(H,14,15)/t8-,9+,10+/m1/s1. The van der Waals surface area contributed by atoms with Gasteiger partial charge in [0.05, 0.1) is 6.10 Å². The van der Waals surface area contributed by atoms with E-state index < -0.39 is 5.97 Å². The summed E-state index contributed by atoms with van der Waals surface area (Å²) in [6.45, 7) is 5.34. The van der Waals surface area contributed by atoms with Crippen LogP contribution in [0.25, 0.3) is 0 Å². The van der Waals surface area contributed by atoms with Crippen molar-refractivity contribution in [2.45, 2.75) is 45.3 Å². The maximum Gasteiger partial charge on any atom is 0.320 e. The highest BCUT2D eigenvalue weighted by Gasteiger charge is 2.32. The number of aliphatic carboxylic acids is 1. The molecule has 88 valence electrons. The summed E-state index contributed by atoms with van der Waals surface area (Å²) in [6, 6.07) is -0.383. The van der Waals surface area contributed by atoms with Gasteiger partial charge >= 0.3 is 5.97 Å². The molecule has 1 aliphatic rings. The molecule has 4 heteroatoms. The topological polar surface area (TPSA) is 60.8 Å². The molecule has 1 saturated heterocycles. The van der Waals surface area contributed by atoms with Gasteiger partial charge in [-0.1, -0.05) is 13.8 Å². The van der Waals surface area contributed by atoms with Crippen molar-refractivity contribution in [3.8, 4) is 0 Å². The molecule has 0 amide bonds. The zero-order valence-electron chi connectivity index (χ0n) is 9.52. The lowest BCUT2D eigenvalue weighted by molar-refractivity contribution is -0.145. The van der Waals surface area contributed by atoms with Gasteiger partial charge in [0.15, 0.2) is 0 Å². The predicted molar refractivity (Wildman–Crippen MR) is 57.7 cm³/mol. The number of aliphatic hydroxyl groups excluding tert-OH is 1. The lowest BCUT2D eigenvalue weighted by atomic mass is 9.91. The SMILES string of the molecule is CC[C@@H]1CN([C@@H](CC)C(=O)O)CC[C@@H]1O. The van der Waals surface area contributed by atoms with E-state index in [-0.39, 0.29) is 18.1 Å². The zero-order chi connectivity index (χ0) is 11.4. The molecule has 0 aliphatic carbocycles. The molecule has 1 heterocycles. The van der Waals surface area contributed by atoms with Crippen molar-refractivity contribution < 1.29 is 15.0 Å². The number of nitrogens with zero attached hydrogens (tertiary/aromatic N) is 1. The molecule has 1 rings (SSSR count). The summed E-state index contributed by atoms with van der Waals surface area (Å²) in [5.41, 5.74) is 0. The molecular weight excluding hydrogens is 194 g/mol. The van der Waals surface area contributed by atoms with Crippen LogP contribution in [0.15, 0.2) is 0 Å². The van der Waals surface area contributed by atoms with E-state index in [0.29, 0.717) is 25.9 Å². The Labute approximate surface area is 90.9 Å². The van der Waals surface area contributed by atoms with Gasteiger partial charge in [0.1, 0.15) is 6.04 Å². The summed E-state index contributed by atoms with van der Waals surface area (Å²) in [7, 11) is 0. The molecule has 0 bridgehead atoms. The van der Waals surface area contributed by atoms with Crippen LogP contribution in [0.2, 0.25) is 0 Å². The number of carboxylic acid groups (broad SMARTS) is 1.